The molecule has 1 heterocycles. The van der Waals surface area contributed by atoms with Gasteiger partial charge in [0.15, 0.2) is 0 Å². The number of halogens is 1. The zero-order valence-corrected chi connectivity index (χ0v) is 9.27. The Kier molecular flexibility index (Phi) is 2.58. The third-order valence-corrected chi connectivity index (χ3v) is 2.50. The number of hydrogen-bond donors (Lipinski definition) is 0. The lowest BCUT2D eigenvalue weighted by molar-refractivity contribution is 0.630. The Bertz CT molecular complexity index is 438. The van der Waals surface area contributed by atoms with Crippen molar-refractivity contribution in [3.05, 3.63) is 29.8 Å². The minimum absolute atomic E-state index is 0.662. The maximum Gasteiger partial charge on any atom is 0.204 e. The highest BCUT2D eigenvalue weighted by atomic mass is 79.9. The molecule has 0 bridgehead atoms. The fourth-order valence-electron chi connectivity index (χ4n) is 1.19. The average molecular weight is 253 g/mol. The van der Waals surface area contributed by atoms with Crippen molar-refractivity contribution in [3.8, 4) is 11.4 Å². The lowest BCUT2D eigenvalue weighted by Gasteiger charge is -1.97. The summed E-state index contributed by atoms with van der Waals surface area (Å²) in [4.78, 5) is 1.45. The summed E-state index contributed by atoms with van der Waals surface area (Å²) in [6, 6.07) is 8.06. The van der Waals surface area contributed by atoms with Gasteiger partial charge in [0, 0.05) is 10.9 Å². The minimum atomic E-state index is 0.662. The van der Waals surface area contributed by atoms with Crippen LogP contribution < -0.4 is 0 Å². The number of rotatable bonds is 2. The van der Waals surface area contributed by atoms with Crippen molar-refractivity contribution >= 4 is 15.9 Å². The Morgan fingerprint density at radius 1 is 1.43 bits per heavy atom. The van der Waals surface area contributed by atoms with Gasteiger partial charge in [0.1, 0.15) is 0 Å². The summed E-state index contributed by atoms with van der Waals surface area (Å²) in [6.45, 7) is 0. The van der Waals surface area contributed by atoms with Gasteiger partial charge in [-0.1, -0.05) is 34.1 Å². The molecular formula is C9H9BrN4. The zero-order chi connectivity index (χ0) is 9.97. The molecule has 0 N–H and O–H groups in total. The number of benzene rings is 1. The molecule has 5 heteroatoms. The number of aromatic nitrogens is 4. The Morgan fingerprint density at radius 2 is 2.29 bits per heavy atom. The molecule has 0 aliphatic rings. The summed E-state index contributed by atoms with van der Waals surface area (Å²) in [7, 11) is 1.75. The monoisotopic (exact) mass is 252 g/mol. The van der Waals surface area contributed by atoms with Crippen LogP contribution in [0, 0.1) is 0 Å². The Hall–Kier alpha value is -1.23. The van der Waals surface area contributed by atoms with Gasteiger partial charge in [0.25, 0.3) is 0 Å². The van der Waals surface area contributed by atoms with Crippen molar-refractivity contribution in [1.29, 1.82) is 0 Å². The summed E-state index contributed by atoms with van der Waals surface area (Å²) in [6.07, 6.45) is 0. The third-order valence-electron chi connectivity index (χ3n) is 1.85. The quantitative estimate of drug-likeness (QED) is 0.766. The summed E-state index contributed by atoms with van der Waals surface area (Å²) < 4.78 is 0. The van der Waals surface area contributed by atoms with Gasteiger partial charge in [-0.25, -0.2) is 0 Å². The smallest absolute Gasteiger partial charge is 0.167 e. The minimum Gasteiger partial charge on any atom is -0.167 e. The first kappa shape index (κ1) is 9.33. The van der Waals surface area contributed by atoms with E-state index in [-0.39, 0.29) is 0 Å². The average Bonchev–Trinajstić information content (AvgIpc) is 2.65. The highest BCUT2D eigenvalue weighted by molar-refractivity contribution is 9.08. The van der Waals surface area contributed by atoms with E-state index in [1.165, 1.54) is 10.4 Å². The third kappa shape index (κ3) is 1.82. The van der Waals surface area contributed by atoms with E-state index in [4.69, 9.17) is 0 Å². The van der Waals surface area contributed by atoms with E-state index in [2.05, 4.69) is 37.4 Å². The second kappa shape index (κ2) is 3.88. The van der Waals surface area contributed by atoms with Crippen molar-refractivity contribution < 1.29 is 0 Å². The SMILES string of the molecule is Cn1nnc(-c2cccc(CBr)c2)n1. The molecule has 0 atom stereocenters. The van der Waals surface area contributed by atoms with E-state index in [0.717, 1.165) is 10.9 Å². The van der Waals surface area contributed by atoms with Gasteiger partial charge in [0.05, 0.1) is 7.05 Å². The van der Waals surface area contributed by atoms with E-state index in [1.54, 1.807) is 7.05 Å². The Labute approximate surface area is 90.1 Å². The van der Waals surface area contributed by atoms with E-state index >= 15 is 0 Å². The van der Waals surface area contributed by atoms with Crippen molar-refractivity contribution in [1.82, 2.24) is 20.2 Å². The van der Waals surface area contributed by atoms with Crippen LogP contribution in [0.4, 0.5) is 0 Å². The van der Waals surface area contributed by atoms with Crippen LogP contribution >= 0.6 is 15.9 Å². The fraction of sp³-hybridized carbons (Fsp3) is 0.222. The van der Waals surface area contributed by atoms with Gasteiger partial charge >= 0.3 is 0 Å². The number of aryl methyl sites for hydroxylation is 1. The molecule has 4 nitrogen and oxygen atoms in total. The molecule has 0 amide bonds. The summed E-state index contributed by atoms with van der Waals surface area (Å²) in [5.41, 5.74) is 2.20. The standard InChI is InChI=1S/C9H9BrN4/c1-14-12-9(11-13-14)8-4-2-3-7(5-8)6-10/h2-5H,6H2,1H3. The predicted molar refractivity (Wildman–Crippen MR) is 56.9 cm³/mol. The fourth-order valence-corrected chi connectivity index (χ4v) is 1.54. The molecule has 0 radical (unpaired) electrons. The highest BCUT2D eigenvalue weighted by Gasteiger charge is 2.03. The number of alkyl halides is 1. The van der Waals surface area contributed by atoms with Crippen LogP contribution in [0.5, 0.6) is 0 Å². The largest absolute Gasteiger partial charge is 0.204 e. The van der Waals surface area contributed by atoms with E-state index in [9.17, 15) is 0 Å². The van der Waals surface area contributed by atoms with Gasteiger partial charge in [0.2, 0.25) is 5.82 Å². The summed E-state index contributed by atoms with van der Waals surface area (Å²) >= 11 is 3.41. The van der Waals surface area contributed by atoms with Crippen molar-refractivity contribution in [3.63, 3.8) is 0 Å². The molecule has 2 rings (SSSR count). The summed E-state index contributed by atoms with van der Waals surface area (Å²) in [5.74, 6) is 0.662. The lowest BCUT2D eigenvalue weighted by Crippen LogP contribution is -1.92. The summed E-state index contributed by atoms with van der Waals surface area (Å²) in [5, 5.41) is 12.7. The van der Waals surface area contributed by atoms with Gasteiger partial charge < -0.3 is 0 Å². The molecule has 0 saturated heterocycles. The predicted octanol–water partition coefficient (Wildman–Crippen LogP) is 1.77. The first-order chi connectivity index (χ1) is 6.79. The van der Waals surface area contributed by atoms with Crippen LogP contribution in [0.1, 0.15) is 5.56 Å². The molecule has 1 aromatic carbocycles. The molecule has 0 unspecified atom stereocenters. The van der Waals surface area contributed by atoms with Gasteiger partial charge in [-0.05, 0) is 16.8 Å². The van der Waals surface area contributed by atoms with E-state index in [0.29, 0.717) is 5.82 Å². The van der Waals surface area contributed by atoms with Crippen molar-refractivity contribution in [2.45, 2.75) is 5.33 Å². The van der Waals surface area contributed by atoms with Crippen LogP contribution in [0.25, 0.3) is 11.4 Å². The highest BCUT2D eigenvalue weighted by Crippen LogP contribution is 2.16. The van der Waals surface area contributed by atoms with Gasteiger partial charge in [-0.15, -0.1) is 10.2 Å². The van der Waals surface area contributed by atoms with Crippen LogP contribution in [0.2, 0.25) is 0 Å². The Balaban J connectivity index is 2.41. The molecule has 0 aliphatic carbocycles. The normalized spacial score (nSPS) is 10.4. The van der Waals surface area contributed by atoms with Crippen LogP contribution in [0.3, 0.4) is 0 Å². The molecule has 0 aliphatic heterocycles. The number of hydrogen-bond acceptors (Lipinski definition) is 3. The van der Waals surface area contributed by atoms with Crippen LogP contribution in [0.15, 0.2) is 24.3 Å². The lowest BCUT2D eigenvalue weighted by atomic mass is 10.1. The first-order valence-corrected chi connectivity index (χ1v) is 5.31. The van der Waals surface area contributed by atoms with Gasteiger partial charge in [-0.2, -0.15) is 4.80 Å². The molecule has 2 aromatic rings. The van der Waals surface area contributed by atoms with Crippen LogP contribution in [-0.4, -0.2) is 20.2 Å². The molecular weight excluding hydrogens is 244 g/mol. The van der Waals surface area contributed by atoms with Gasteiger partial charge in [-0.3, -0.25) is 0 Å². The molecule has 0 fully saturated rings. The maximum absolute atomic E-state index is 4.14. The van der Waals surface area contributed by atoms with E-state index in [1.807, 2.05) is 18.2 Å². The number of nitrogens with zero attached hydrogens (tertiary/aromatic N) is 4. The number of tetrazole rings is 1. The topological polar surface area (TPSA) is 43.6 Å². The molecule has 1 aromatic heterocycles. The molecule has 0 spiro atoms. The molecule has 14 heavy (non-hydrogen) atoms. The Morgan fingerprint density at radius 3 is 2.93 bits per heavy atom. The van der Waals surface area contributed by atoms with Crippen molar-refractivity contribution in [2.24, 2.45) is 7.05 Å². The van der Waals surface area contributed by atoms with Crippen LogP contribution in [-0.2, 0) is 12.4 Å². The maximum atomic E-state index is 4.14. The second-order valence-electron chi connectivity index (χ2n) is 2.94. The second-order valence-corrected chi connectivity index (χ2v) is 3.50. The van der Waals surface area contributed by atoms with Crippen molar-refractivity contribution in [2.75, 3.05) is 0 Å². The zero-order valence-electron chi connectivity index (χ0n) is 7.68. The first-order valence-electron chi connectivity index (χ1n) is 4.19. The molecule has 0 saturated carbocycles. The van der Waals surface area contributed by atoms with E-state index < -0.39 is 0 Å². The molecule has 72 valence electrons.